The van der Waals surface area contributed by atoms with E-state index in [-0.39, 0.29) is 0 Å². The molecule has 0 spiro atoms. The second kappa shape index (κ2) is 4.35. The van der Waals surface area contributed by atoms with Gasteiger partial charge in [-0.3, -0.25) is 4.99 Å². The minimum absolute atomic E-state index is 0.799. The van der Waals surface area contributed by atoms with E-state index in [9.17, 15) is 0 Å². The van der Waals surface area contributed by atoms with Crippen LogP contribution in [0.5, 0.6) is 0 Å². The van der Waals surface area contributed by atoms with E-state index in [0.29, 0.717) is 0 Å². The Hall–Kier alpha value is -0.930. The van der Waals surface area contributed by atoms with Crippen molar-refractivity contribution in [1.82, 2.24) is 0 Å². The first-order valence-electron chi connectivity index (χ1n) is 3.99. The Bertz CT molecular complexity index is 360. The third-order valence-electron chi connectivity index (χ3n) is 1.61. The zero-order chi connectivity index (χ0) is 8.93. The molecule has 3 heteroatoms. The molecule has 0 saturated carbocycles. The van der Waals surface area contributed by atoms with Crippen LogP contribution in [0.3, 0.4) is 0 Å². The second-order valence-corrected chi connectivity index (χ2v) is 4.42. The van der Waals surface area contributed by atoms with Crippen molar-refractivity contribution in [3.05, 3.63) is 44.8 Å². The van der Waals surface area contributed by atoms with E-state index >= 15 is 0 Å². The van der Waals surface area contributed by atoms with Gasteiger partial charge < -0.3 is 0 Å². The number of hydrogen-bond acceptors (Lipinski definition) is 3. The molecule has 2 aromatic heterocycles. The van der Waals surface area contributed by atoms with Crippen molar-refractivity contribution < 1.29 is 0 Å². The van der Waals surface area contributed by atoms with Gasteiger partial charge in [0.05, 0.1) is 6.54 Å². The Balaban J connectivity index is 1.93. The first kappa shape index (κ1) is 8.66. The van der Waals surface area contributed by atoms with Gasteiger partial charge in [0.25, 0.3) is 0 Å². The molecule has 0 aliphatic heterocycles. The molecule has 1 nitrogen and oxygen atoms in total. The number of nitrogens with zero attached hydrogens (tertiary/aromatic N) is 1. The summed E-state index contributed by atoms with van der Waals surface area (Å²) in [4.78, 5) is 5.66. The highest BCUT2D eigenvalue weighted by atomic mass is 32.1. The van der Waals surface area contributed by atoms with Gasteiger partial charge in [-0.2, -0.15) is 11.3 Å². The standard InChI is InChI=1S/C10H9NS2/c1-2-10(13-4-1)7-11-6-9-3-5-12-8-9/h1-6,8H,7H2. The predicted octanol–water partition coefficient (Wildman–Crippen LogP) is 3.43. The lowest BCUT2D eigenvalue weighted by Crippen LogP contribution is -1.77. The molecule has 0 aliphatic rings. The molecule has 0 amide bonds. The summed E-state index contributed by atoms with van der Waals surface area (Å²) in [5.41, 5.74) is 1.20. The Morgan fingerprint density at radius 3 is 3.00 bits per heavy atom. The van der Waals surface area contributed by atoms with Crippen LogP contribution in [0.2, 0.25) is 0 Å². The molecule has 0 aliphatic carbocycles. The summed E-state index contributed by atoms with van der Waals surface area (Å²) < 4.78 is 0. The lowest BCUT2D eigenvalue weighted by Gasteiger charge is -1.87. The number of hydrogen-bond donors (Lipinski definition) is 0. The highest BCUT2D eigenvalue weighted by molar-refractivity contribution is 7.09. The van der Waals surface area contributed by atoms with Gasteiger partial charge in [0, 0.05) is 16.7 Å². The summed E-state index contributed by atoms with van der Waals surface area (Å²) in [5, 5.41) is 6.24. The summed E-state index contributed by atoms with van der Waals surface area (Å²) in [5.74, 6) is 0. The fraction of sp³-hybridized carbons (Fsp3) is 0.100. The van der Waals surface area contributed by atoms with Crippen LogP contribution in [0.1, 0.15) is 10.4 Å². The lowest BCUT2D eigenvalue weighted by atomic mass is 10.4. The molecule has 2 rings (SSSR count). The van der Waals surface area contributed by atoms with Crippen LogP contribution in [0.25, 0.3) is 0 Å². The van der Waals surface area contributed by atoms with Crippen LogP contribution in [0.15, 0.2) is 39.3 Å². The summed E-state index contributed by atoms with van der Waals surface area (Å²) in [6.45, 7) is 0.799. The van der Waals surface area contributed by atoms with Gasteiger partial charge in [-0.15, -0.1) is 11.3 Å². The van der Waals surface area contributed by atoms with E-state index in [2.05, 4.69) is 39.3 Å². The van der Waals surface area contributed by atoms with Gasteiger partial charge in [0.1, 0.15) is 0 Å². The normalized spacial score (nSPS) is 11.1. The van der Waals surface area contributed by atoms with Crippen molar-refractivity contribution in [3.8, 4) is 0 Å². The Morgan fingerprint density at radius 2 is 2.31 bits per heavy atom. The molecular weight excluding hydrogens is 198 g/mol. The fourth-order valence-electron chi connectivity index (χ4n) is 0.992. The average Bonchev–Trinajstić information content (AvgIpc) is 2.75. The molecule has 2 aromatic rings. The smallest absolute Gasteiger partial charge is 0.0732 e. The summed E-state index contributed by atoms with van der Waals surface area (Å²) in [7, 11) is 0. The predicted molar refractivity (Wildman–Crippen MR) is 59.9 cm³/mol. The van der Waals surface area contributed by atoms with E-state index in [4.69, 9.17) is 0 Å². The molecule has 13 heavy (non-hydrogen) atoms. The maximum Gasteiger partial charge on any atom is 0.0732 e. The number of rotatable bonds is 3. The van der Waals surface area contributed by atoms with Crippen molar-refractivity contribution in [3.63, 3.8) is 0 Å². The summed E-state index contributed by atoms with van der Waals surface area (Å²) in [6, 6.07) is 6.23. The summed E-state index contributed by atoms with van der Waals surface area (Å²) >= 11 is 3.45. The molecule has 0 N–H and O–H groups in total. The quantitative estimate of drug-likeness (QED) is 0.684. The SMILES string of the molecule is C(=NCc1cccs1)c1ccsc1. The third-order valence-corrected chi connectivity index (χ3v) is 3.17. The van der Waals surface area contributed by atoms with E-state index in [0.717, 1.165) is 6.54 Å². The van der Waals surface area contributed by atoms with E-state index in [1.54, 1.807) is 22.7 Å². The van der Waals surface area contributed by atoms with Crippen molar-refractivity contribution in [2.24, 2.45) is 4.99 Å². The Morgan fingerprint density at radius 1 is 1.31 bits per heavy atom. The average molecular weight is 207 g/mol. The first-order chi connectivity index (χ1) is 6.45. The highest BCUT2D eigenvalue weighted by Gasteiger charge is 1.89. The van der Waals surface area contributed by atoms with Gasteiger partial charge in [0.2, 0.25) is 0 Å². The van der Waals surface area contributed by atoms with Crippen molar-refractivity contribution >= 4 is 28.9 Å². The zero-order valence-electron chi connectivity index (χ0n) is 7.01. The molecule has 0 unspecified atom stereocenters. The molecule has 0 fully saturated rings. The largest absolute Gasteiger partial charge is 0.287 e. The molecule has 2 heterocycles. The maximum absolute atomic E-state index is 4.35. The van der Waals surface area contributed by atoms with Crippen LogP contribution in [0.4, 0.5) is 0 Å². The summed E-state index contributed by atoms with van der Waals surface area (Å²) in [6.07, 6.45) is 1.93. The van der Waals surface area contributed by atoms with Crippen LogP contribution < -0.4 is 0 Å². The van der Waals surface area contributed by atoms with Gasteiger partial charge in [-0.1, -0.05) is 6.07 Å². The molecule has 0 bridgehead atoms. The van der Waals surface area contributed by atoms with E-state index in [1.807, 2.05) is 6.21 Å². The third kappa shape index (κ3) is 2.50. The minimum Gasteiger partial charge on any atom is -0.287 e. The number of thiophene rings is 2. The molecule has 0 radical (unpaired) electrons. The monoisotopic (exact) mass is 207 g/mol. The Labute approximate surface area is 85.4 Å². The van der Waals surface area contributed by atoms with Gasteiger partial charge in [-0.25, -0.2) is 0 Å². The van der Waals surface area contributed by atoms with Crippen LogP contribution >= 0.6 is 22.7 Å². The highest BCUT2D eigenvalue weighted by Crippen LogP contribution is 2.09. The van der Waals surface area contributed by atoms with Crippen LogP contribution in [-0.2, 0) is 6.54 Å². The van der Waals surface area contributed by atoms with Crippen LogP contribution in [-0.4, -0.2) is 6.21 Å². The molecule has 66 valence electrons. The molecular formula is C10H9NS2. The van der Waals surface area contributed by atoms with Gasteiger partial charge in [0.15, 0.2) is 0 Å². The molecule has 0 saturated heterocycles. The lowest BCUT2D eigenvalue weighted by molar-refractivity contribution is 1.11. The van der Waals surface area contributed by atoms with Crippen molar-refractivity contribution in [1.29, 1.82) is 0 Å². The van der Waals surface area contributed by atoms with E-state index < -0.39 is 0 Å². The van der Waals surface area contributed by atoms with Crippen molar-refractivity contribution in [2.45, 2.75) is 6.54 Å². The maximum atomic E-state index is 4.35. The molecule has 0 aromatic carbocycles. The molecule has 0 atom stereocenters. The zero-order valence-corrected chi connectivity index (χ0v) is 8.65. The fourth-order valence-corrected chi connectivity index (χ4v) is 2.24. The van der Waals surface area contributed by atoms with E-state index in [1.165, 1.54) is 10.4 Å². The van der Waals surface area contributed by atoms with Crippen molar-refractivity contribution in [2.75, 3.05) is 0 Å². The minimum atomic E-state index is 0.799. The Kier molecular flexibility index (Phi) is 2.90. The van der Waals surface area contributed by atoms with Crippen LogP contribution in [0, 0.1) is 0 Å². The van der Waals surface area contributed by atoms with Gasteiger partial charge >= 0.3 is 0 Å². The van der Waals surface area contributed by atoms with Gasteiger partial charge in [-0.05, 0) is 28.3 Å². The number of aliphatic imine (C=N–C) groups is 1. The second-order valence-electron chi connectivity index (χ2n) is 2.61. The topological polar surface area (TPSA) is 12.4 Å². The first-order valence-corrected chi connectivity index (χ1v) is 5.82.